The molecular weight excluding hydrogens is 374 g/mol. The summed E-state index contributed by atoms with van der Waals surface area (Å²) in [4.78, 5) is 18.0. The van der Waals surface area contributed by atoms with Crippen molar-refractivity contribution in [1.82, 2.24) is 15.3 Å². The molecule has 0 bridgehead atoms. The Bertz CT molecular complexity index is 838. The second kappa shape index (κ2) is 5.96. The third-order valence-electron chi connectivity index (χ3n) is 3.26. The molecule has 0 fully saturated rings. The number of aromatic amines is 2. The van der Waals surface area contributed by atoms with Crippen LogP contribution in [0.1, 0.15) is 23.4 Å². The first kappa shape index (κ1) is 14.8. The number of imidazole rings is 1. The van der Waals surface area contributed by atoms with Crippen LogP contribution in [0.3, 0.4) is 0 Å². The number of hydrogen-bond acceptors (Lipinski definition) is 3. The highest BCUT2D eigenvalue weighted by Crippen LogP contribution is 2.37. The third kappa shape index (κ3) is 2.81. The lowest BCUT2D eigenvalue weighted by Gasteiger charge is -2.19. The summed E-state index contributed by atoms with van der Waals surface area (Å²) in [6.07, 6.45) is 0. The fourth-order valence-electron chi connectivity index (χ4n) is 2.35. The smallest absolute Gasteiger partial charge is 0.306 e. The van der Waals surface area contributed by atoms with Gasteiger partial charge in [0.15, 0.2) is 0 Å². The van der Waals surface area contributed by atoms with Crippen molar-refractivity contribution in [3.05, 3.63) is 54.0 Å². The van der Waals surface area contributed by atoms with Crippen molar-refractivity contribution in [2.75, 3.05) is 6.54 Å². The highest BCUT2D eigenvalue weighted by molar-refractivity contribution is 9.10. The molecule has 2 aromatic heterocycles. The number of fused-ring (bicyclic) bond motifs is 1. The van der Waals surface area contributed by atoms with Gasteiger partial charge in [0, 0.05) is 9.35 Å². The van der Waals surface area contributed by atoms with Crippen LogP contribution in [0, 0.1) is 0 Å². The Hall–Kier alpha value is -1.08. The first-order valence-electron chi connectivity index (χ1n) is 6.48. The fourth-order valence-corrected chi connectivity index (χ4v) is 4.18. The molecule has 0 aliphatic rings. The summed E-state index contributed by atoms with van der Waals surface area (Å²) in [5.74, 6) is 0. The van der Waals surface area contributed by atoms with Gasteiger partial charge in [-0.05, 0) is 35.7 Å². The van der Waals surface area contributed by atoms with Crippen LogP contribution < -0.4 is 11.0 Å². The molecule has 4 nitrogen and oxygen atoms in total. The van der Waals surface area contributed by atoms with E-state index in [1.165, 1.54) is 0 Å². The van der Waals surface area contributed by atoms with E-state index in [-0.39, 0.29) is 11.7 Å². The Balaban J connectivity index is 2.17. The van der Waals surface area contributed by atoms with Crippen LogP contribution in [-0.2, 0) is 0 Å². The molecule has 3 aromatic rings. The molecule has 21 heavy (non-hydrogen) atoms. The number of benzene rings is 1. The largest absolute Gasteiger partial charge is 0.323 e. The fraction of sp³-hybridized carbons (Fsp3) is 0.214. The molecule has 3 rings (SSSR count). The van der Waals surface area contributed by atoms with E-state index >= 15 is 0 Å². The average molecular weight is 387 g/mol. The van der Waals surface area contributed by atoms with Crippen molar-refractivity contribution in [3.63, 3.8) is 0 Å². The SMILES string of the molecule is CCNC(c1cc2[nH]c(=O)[nH]c2cc1Br)c1sccc1Cl. The van der Waals surface area contributed by atoms with Crippen LogP contribution in [0.25, 0.3) is 11.0 Å². The normalized spacial score (nSPS) is 12.9. The maximum absolute atomic E-state index is 11.4. The molecule has 0 saturated heterocycles. The zero-order valence-corrected chi connectivity index (χ0v) is 14.3. The van der Waals surface area contributed by atoms with Gasteiger partial charge < -0.3 is 15.3 Å². The third-order valence-corrected chi connectivity index (χ3v) is 5.37. The standard InChI is InChI=1S/C14H13BrClN3OS/c1-2-17-12(13-9(16)3-4-21-13)7-5-10-11(6-8(7)15)19-14(20)18-10/h3-6,12,17H,2H2,1H3,(H2,18,19,20). The number of nitrogens with one attached hydrogen (secondary N) is 3. The van der Waals surface area contributed by atoms with E-state index in [2.05, 4.69) is 38.1 Å². The average Bonchev–Trinajstić information content (AvgIpc) is 3.00. The highest BCUT2D eigenvalue weighted by Gasteiger charge is 2.20. The van der Waals surface area contributed by atoms with Crippen LogP contribution >= 0.6 is 38.9 Å². The van der Waals surface area contributed by atoms with Gasteiger partial charge in [-0.25, -0.2) is 4.79 Å². The maximum atomic E-state index is 11.4. The zero-order valence-electron chi connectivity index (χ0n) is 11.2. The number of aromatic nitrogens is 2. The summed E-state index contributed by atoms with van der Waals surface area (Å²) in [5.41, 5.74) is 2.41. The molecule has 110 valence electrons. The minimum atomic E-state index is -0.205. The zero-order chi connectivity index (χ0) is 15.0. The number of H-pyrrole nitrogens is 2. The lowest BCUT2D eigenvalue weighted by atomic mass is 10.0. The Labute approximate surface area is 138 Å². The van der Waals surface area contributed by atoms with Gasteiger partial charge in [0.1, 0.15) is 0 Å². The van der Waals surface area contributed by atoms with Crippen molar-refractivity contribution >= 4 is 49.9 Å². The van der Waals surface area contributed by atoms with Gasteiger partial charge >= 0.3 is 5.69 Å². The molecule has 0 spiro atoms. The van der Waals surface area contributed by atoms with Gasteiger partial charge in [0.2, 0.25) is 0 Å². The minimum Gasteiger partial charge on any atom is -0.306 e. The molecule has 0 radical (unpaired) electrons. The molecule has 3 N–H and O–H groups in total. The summed E-state index contributed by atoms with van der Waals surface area (Å²) in [6.45, 7) is 2.87. The Morgan fingerprint density at radius 1 is 1.38 bits per heavy atom. The molecule has 0 aliphatic carbocycles. The topological polar surface area (TPSA) is 60.7 Å². The van der Waals surface area contributed by atoms with Crippen LogP contribution in [0.4, 0.5) is 0 Å². The molecule has 0 aliphatic heterocycles. The Morgan fingerprint density at radius 3 is 2.71 bits per heavy atom. The van der Waals surface area contributed by atoms with Gasteiger partial charge in [-0.2, -0.15) is 0 Å². The van der Waals surface area contributed by atoms with Crippen LogP contribution in [0.2, 0.25) is 5.02 Å². The summed E-state index contributed by atoms with van der Waals surface area (Å²) in [7, 11) is 0. The van der Waals surface area contributed by atoms with E-state index in [9.17, 15) is 4.79 Å². The molecule has 1 atom stereocenters. The molecule has 1 unspecified atom stereocenters. The number of halogens is 2. The predicted molar refractivity (Wildman–Crippen MR) is 91.5 cm³/mol. The lowest BCUT2D eigenvalue weighted by Crippen LogP contribution is -2.21. The van der Waals surface area contributed by atoms with Crippen LogP contribution in [0.5, 0.6) is 0 Å². The minimum absolute atomic E-state index is 0.0142. The van der Waals surface area contributed by atoms with Gasteiger partial charge in [0.05, 0.1) is 22.1 Å². The van der Waals surface area contributed by atoms with Gasteiger partial charge in [0.25, 0.3) is 0 Å². The first-order chi connectivity index (χ1) is 10.1. The van der Waals surface area contributed by atoms with Gasteiger partial charge in [-0.3, -0.25) is 0 Å². The van der Waals surface area contributed by atoms with E-state index in [1.807, 2.05) is 23.6 Å². The second-order valence-corrected chi connectivity index (χ2v) is 6.83. The van der Waals surface area contributed by atoms with E-state index in [1.54, 1.807) is 11.3 Å². The monoisotopic (exact) mass is 385 g/mol. The molecule has 7 heteroatoms. The highest BCUT2D eigenvalue weighted by atomic mass is 79.9. The van der Waals surface area contributed by atoms with Crippen LogP contribution in [-0.4, -0.2) is 16.5 Å². The molecule has 0 amide bonds. The second-order valence-electron chi connectivity index (χ2n) is 4.62. The first-order valence-corrected chi connectivity index (χ1v) is 8.53. The summed E-state index contributed by atoms with van der Waals surface area (Å²) in [6, 6.07) is 5.77. The van der Waals surface area contributed by atoms with E-state index in [4.69, 9.17) is 11.6 Å². The molecule has 2 heterocycles. The number of rotatable bonds is 4. The quantitative estimate of drug-likeness (QED) is 0.634. The molecule has 1 aromatic carbocycles. The van der Waals surface area contributed by atoms with Crippen molar-refractivity contribution in [2.45, 2.75) is 13.0 Å². The van der Waals surface area contributed by atoms with E-state index in [0.29, 0.717) is 0 Å². The summed E-state index contributed by atoms with van der Waals surface area (Å²) < 4.78 is 0.931. The Morgan fingerprint density at radius 2 is 2.10 bits per heavy atom. The van der Waals surface area contributed by atoms with Crippen molar-refractivity contribution in [2.24, 2.45) is 0 Å². The lowest BCUT2D eigenvalue weighted by molar-refractivity contribution is 0.638. The number of hydrogen-bond donors (Lipinski definition) is 3. The summed E-state index contributed by atoms with van der Waals surface area (Å²) in [5, 5.41) is 6.18. The van der Waals surface area contributed by atoms with Crippen molar-refractivity contribution in [3.8, 4) is 0 Å². The predicted octanol–water partition coefficient (Wildman–Crippen LogP) is 4.03. The number of thiophene rings is 1. The van der Waals surface area contributed by atoms with Gasteiger partial charge in [-0.1, -0.05) is 34.5 Å². The van der Waals surface area contributed by atoms with Gasteiger partial charge in [-0.15, -0.1) is 11.3 Å². The van der Waals surface area contributed by atoms with Crippen LogP contribution in [0.15, 0.2) is 32.8 Å². The molecular formula is C14H13BrClN3OS. The van der Waals surface area contributed by atoms with E-state index in [0.717, 1.165) is 37.5 Å². The molecule has 0 saturated carbocycles. The van der Waals surface area contributed by atoms with E-state index < -0.39 is 0 Å². The van der Waals surface area contributed by atoms with Crippen molar-refractivity contribution < 1.29 is 0 Å². The van der Waals surface area contributed by atoms with Crippen molar-refractivity contribution in [1.29, 1.82) is 0 Å². The maximum Gasteiger partial charge on any atom is 0.323 e. The summed E-state index contributed by atoms with van der Waals surface area (Å²) >= 11 is 11.5. The Kier molecular flexibility index (Phi) is 4.21.